The zero-order valence-electron chi connectivity index (χ0n) is 13.2. The second-order valence-corrected chi connectivity index (χ2v) is 5.11. The normalized spacial score (nSPS) is 10.7. The molecule has 1 amide bonds. The molecule has 23 heavy (non-hydrogen) atoms. The van der Waals surface area contributed by atoms with E-state index in [1.807, 2.05) is 20.0 Å². The van der Waals surface area contributed by atoms with Gasteiger partial charge in [-0.15, -0.1) is 0 Å². The van der Waals surface area contributed by atoms with Crippen LogP contribution in [0, 0.1) is 13.8 Å². The quantitative estimate of drug-likeness (QED) is 0.800. The lowest BCUT2D eigenvalue weighted by molar-refractivity contribution is 0.102. The average Bonchev–Trinajstić information content (AvgIpc) is 2.88. The number of hydrogen-bond acceptors (Lipinski definition) is 5. The maximum absolute atomic E-state index is 12.6. The highest BCUT2D eigenvalue weighted by Gasteiger charge is 2.16. The summed E-state index contributed by atoms with van der Waals surface area (Å²) < 4.78 is 7.39. The van der Waals surface area contributed by atoms with Gasteiger partial charge in [-0.05, 0) is 20.8 Å². The van der Waals surface area contributed by atoms with Crippen molar-refractivity contribution in [2.24, 2.45) is 0 Å². The number of aromatic nitrogens is 4. The number of nitrogens with zero attached hydrogens (tertiary/aromatic N) is 4. The summed E-state index contributed by atoms with van der Waals surface area (Å²) in [4.78, 5) is 25.1. The summed E-state index contributed by atoms with van der Waals surface area (Å²) in [6.45, 7) is 6.02. The molecule has 0 fully saturated rings. The van der Waals surface area contributed by atoms with Crippen molar-refractivity contribution in [3.05, 3.63) is 47.9 Å². The Labute approximate surface area is 133 Å². The maximum Gasteiger partial charge on any atom is 0.261 e. The van der Waals surface area contributed by atoms with Crippen LogP contribution in [0.25, 0.3) is 5.65 Å². The summed E-state index contributed by atoms with van der Waals surface area (Å²) in [5, 5.41) is 2.78. The van der Waals surface area contributed by atoms with Gasteiger partial charge in [0.25, 0.3) is 5.91 Å². The number of carbonyl (C=O) groups excluding carboxylic acids is 1. The first-order chi connectivity index (χ1) is 11.1. The van der Waals surface area contributed by atoms with Gasteiger partial charge in [0.05, 0.1) is 35.9 Å². The first kappa shape index (κ1) is 15.0. The van der Waals surface area contributed by atoms with Crippen molar-refractivity contribution in [3.63, 3.8) is 0 Å². The van der Waals surface area contributed by atoms with E-state index in [0.29, 0.717) is 29.4 Å². The maximum atomic E-state index is 12.6. The molecule has 1 N–H and O–H groups in total. The Morgan fingerprint density at radius 3 is 2.70 bits per heavy atom. The summed E-state index contributed by atoms with van der Waals surface area (Å²) in [6, 6.07) is 1.76. The number of nitrogens with one attached hydrogen (secondary N) is 1. The molecule has 118 valence electrons. The minimum atomic E-state index is -0.283. The zero-order valence-corrected chi connectivity index (χ0v) is 13.2. The van der Waals surface area contributed by atoms with E-state index in [2.05, 4.69) is 20.3 Å². The van der Waals surface area contributed by atoms with Crippen molar-refractivity contribution in [3.8, 4) is 5.75 Å². The van der Waals surface area contributed by atoms with Crippen LogP contribution in [0.5, 0.6) is 5.75 Å². The Morgan fingerprint density at radius 2 is 2.00 bits per heavy atom. The van der Waals surface area contributed by atoms with Crippen molar-refractivity contribution in [1.29, 1.82) is 0 Å². The molecular formula is C16H17N5O2. The lowest BCUT2D eigenvalue weighted by Crippen LogP contribution is -2.15. The van der Waals surface area contributed by atoms with Crippen LogP contribution in [0.15, 0.2) is 30.9 Å². The predicted octanol–water partition coefficient (Wildman–Crippen LogP) is 2.39. The number of rotatable bonds is 4. The monoisotopic (exact) mass is 311 g/mol. The number of imidazole rings is 1. The molecule has 0 radical (unpaired) electrons. The minimum Gasteiger partial charge on any atom is -0.493 e. The Hall–Kier alpha value is -2.96. The fourth-order valence-corrected chi connectivity index (χ4v) is 2.24. The SMILES string of the molecule is CCOc1cc2nc(C)cn2cc1C(=O)Nc1cnc(C)nc1. The molecule has 0 aliphatic heterocycles. The average molecular weight is 311 g/mol. The van der Waals surface area contributed by atoms with Crippen LogP contribution < -0.4 is 10.1 Å². The molecule has 0 bridgehead atoms. The Morgan fingerprint density at radius 1 is 1.26 bits per heavy atom. The Bertz CT molecular complexity index is 855. The molecule has 0 aliphatic rings. The third-order valence-corrected chi connectivity index (χ3v) is 3.26. The van der Waals surface area contributed by atoms with Gasteiger partial charge in [0.15, 0.2) is 0 Å². The van der Waals surface area contributed by atoms with Gasteiger partial charge in [0, 0.05) is 18.5 Å². The van der Waals surface area contributed by atoms with Crippen molar-refractivity contribution in [1.82, 2.24) is 19.4 Å². The van der Waals surface area contributed by atoms with Crippen molar-refractivity contribution >= 4 is 17.2 Å². The molecule has 3 heterocycles. The molecule has 3 aromatic rings. The number of anilines is 1. The first-order valence-electron chi connectivity index (χ1n) is 7.29. The molecular weight excluding hydrogens is 294 g/mol. The Kier molecular flexibility index (Phi) is 3.92. The van der Waals surface area contributed by atoms with Crippen LogP contribution >= 0.6 is 0 Å². The smallest absolute Gasteiger partial charge is 0.261 e. The number of fused-ring (bicyclic) bond motifs is 1. The number of aryl methyl sites for hydroxylation is 2. The lowest BCUT2D eigenvalue weighted by Gasteiger charge is -2.11. The molecule has 7 nitrogen and oxygen atoms in total. The zero-order chi connectivity index (χ0) is 16.4. The molecule has 0 aliphatic carbocycles. The van der Waals surface area contributed by atoms with Crippen LogP contribution in [0.2, 0.25) is 0 Å². The van der Waals surface area contributed by atoms with E-state index >= 15 is 0 Å². The van der Waals surface area contributed by atoms with Gasteiger partial charge in [-0.1, -0.05) is 0 Å². The summed E-state index contributed by atoms with van der Waals surface area (Å²) in [6.07, 6.45) is 6.71. The molecule has 0 saturated heterocycles. The second-order valence-electron chi connectivity index (χ2n) is 5.11. The summed E-state index contributed by atoms with van der Waals surface area (Å²) in [5.41, 5.74) is 2.57. The number of pyridine rings is 1. The van der Waals surface area contributed by atoms with E-state index in [-0.39, 0.29) is 5.91 Å². The van der Waals surface area contributed by atoms with E-state index in [0.717, 1.165) is 11.3 Å². The third-order valence-electron chi connectivity index (χ3n) is 3.26. The van der Waals surface area contributed by atoms with Gasteiger partial charge in [-0.25, -0.2) is 15.0 Å². The molecule has 0 atom stereocenters. The molecule has 0 saturated carbocycles. The number of hydrogen-bond donors (Lipinski definition) is 1. The fraction of sp³-hybridized carbons (Fsp3) is 0.250. The molecule has 3 aromatic heterocycles. The van der Waals surface area contributed by atoms with Gasteiger partial charge in [0.1, 0.15) is 17.2 Å². The Balaban J connectivity index is 1.97. The van der Waals surface area contributed by atoms with Crippen LogP contribution in [-0.2, 0) is 0 Å². The standard InChI is InChI=1S/C16H17N5O2/c1-4-23-14-5-15-19-10(2)8-21(15)9-13(14)16(22)20-12-6-17-11(3)18-7-12/h5-9H,4H2,1-3H3,(H,20,22). The van der Waals surface area contributed by atoms with Gasteiger partial charge in [0.2, 0.25) is 0 Å². The molecule has 3 rings (SSSR count). The highest BCUT2D eigenvalue weighted by molar-refractivity contribution is 6.06. The van der Waals surface area contributed by atoms with E-state index < -0.39 is 0 Å². The first-order valence-corrected chi connectivity index (χ1v) is 7.29. The molecule has 7 heteroatoms. The molecule has 0 aromatic carbocycles. The van der Waals surface area contributed by atoms with E-state index in [1.54, 1.807) is 36.0 Å². The topological polar surface area (TPSA) is 81.4 Å². The van der Waals surface area contributed by atoms with Gasteiger partial charge in [-0.3, -0.25) is 4.79 Å². The highest BCUT2D eigenvalue weighted by atomic mass is 16.5. The predicted molar refractivity (Wildman–Crippen MR) is 85.8 cm³/mol. The van der Waals surface area contributed by atoms with Crippen LogP contribution in [0.4, 0.5) is 5.69 Å². The summed E-state index contributed by atoms with van der Waals surface area (Å²) >= 11 is 0. The number of amides is 1. The van der Waals surface area contributed by atoms with Gasteiger partial charge >= 0.3 is 0 Å². The highest BCUT2D eigenvalue weighted by Crippen LogP contribution is 2.22. The van der Waals surface area contributed by atoms with Crippen LogP contribution in [-0.4, -0.2) is 31.9 Å². The summed E-state index contributed by atoms with van der Waals surface area (Å²) in [5.74, 6) is 0.860. The molecule has 0 spiro atoms. The molecule has 0 unspecified atom stereocenters. The van der Waals surface area contributed by atoms with E-state index in [4.69, 9.17) is 4.74 Å². The third kappa shape index (κ3) is 3.13. The summed E-state index contributed by atoms with van der Waals surface area (Å²) in [7, 11) is 0. The van der Waals surface area contributed by atoms with Crippen molar-refractivity contribution < 1.29 is 9.53 Å². The van der Waals surface area contributed by atoms with Crippen LogP contribution in [0.3, 0.4) is 0 Å². The van der Waals surface area contributed by atoms with Gasteiger partial charge < -0.3 is 14.5 Å². The second kappa shape index (κ2) is 6.04. The van der Waals surface area contributed by atoms with Crippen molar-refractivity contribution in [2.45, 2.75) is 20.8 Å². The lowest BCUT2D eigenvalue weighted by atomic mass is 10.2. The number of ether oxygens (including phenoxy) is 1. The largest absolute Gasteiger partial charge is 0.493 e. The number of carbonyl (C=O) groups is 1. The van der Waals surface area contributed by atoms with Crippen molar-refractivity contribution in [2.75, 3.05) is 11.9 Å². The van der Waals surface area contributed by atoms with Gasteiger partial charge in [-0.2, -0.15) is 0 Å². The fourth-order valence-electron chi connectivity index (χ4n) is 2.24. The van der Waals surface area contributed by atoms with E-state index in [1.165, 1.54) is 0 Å². The van der Waals surface area contributed by atoms with E-state index in [9.17, 15) is 4.79 Å². The van der Waals surface area contributed by atoms with Crippen LogP contribution in [0.1, 0.15) is 28.8 Å². The minimum absolute atomic E-state index is 0.283.